The Labute approximate surface area is 118 Å². The van der Waals surface area contributed by atoms with Crippen LogP contribution in [0.4, 0.5) is 0 Å². The highest BCUT2D eigenvalue weighted by Gasteiger charge is 2.14. The summed E-state index contributed by atoms with van der Waals surface area (Å²) in [6.07, 6.45) is 1.58. The molecule has 2 rings (SSSR count). The van der Waals surface area contributed by atoms with Crippen molar-refractivity contribution in [2.75, 3.05) is 0 Å². The number of carbonyl (C=O) groups excluding carboxylic acids is 1. The van der Waals surface area contributed by atoms with E-state index in [2.05, 4.69) is 21.2 Å². The van der Waals surface area contributed by atoms with Gasteiger partial charge in [-0.1, -0.05) is 27.5 Å². The normalized spacial score (nSPS) is 12.2. The Morgan fingerprint density at radius 1 is 1.44 bits per heavy atom. The minimum atomic E-state index is -0.192. The first-order valence-electron chi connectivity index (χ1n) is 5.36. The van der Waals surface area contributed by atoms with Crippen LogP contribution in [0.2, 0.25) is 5.02 Å². The number of amides is 1. The quantitative estimate of drug-likeness (QED) is 0.918. The maximum absolute atomic E-state index is 12.0. The minimum absolute atomic E-state index is 0.190. The zero-order valence-electron chi connectivity index (χ0n) is 9.61. The fraction of sp³-hybridized carbons (Fsp3) is 0.154. The molecule has 1 aromatic carbocycles. The summed E-state index contributed by atoms with van der Waals surface area (Å²) in [5, 5.41) is 3.35. The zero-order valence-corrected chi connectivity index (χ0v) is 12.0. The third kappa shape index (κ3) is 3.15. The molecule has 1 N–H and O–H groups in total. The first kappa shape index (κ1) is 13.2. The first-order valence-corrected chi connectivity index (χ1v) is 6.53. The van der Waals surface area contributed by atoms with Crippen molar-refractivity contribution in [3.63, 3.8) is 0 Å². The molecule has 0 saturated carbocycles. The lowest BCUT2D eigenvalue weighted by Crippen LogP contribution is -2.26. The largest absolute Gasteiger partial charge is 0.467 e. The van der Waals surface area contributed by atoms with Gasteiger partial charge >= 0.3 is 0 Å². The number of benzene rings is 1. The van der Waals surface area contributed by atoms with E-state index in [0.29, 0.717) is 16.3 Å². The van der Waals surface area contributed by atoms with Gasteiger partial charge in [-0.25, -0.2) is 0 Å². The molecule has 18 heavy (non-hydrogen) atoms. The number of hydrogen-bond acceptors (Lipinski definition) is 2. The molecule has 0 bridgehead atoms. The molecule has 94 valence electrons. The predicted molar refractivity (Wildman–Crippen MR) is 73.7 cm³/mol. The highest BCUT2D eigenvalue weighted by atomic mass is 79.9. The van der Waals surface area contributed by atoms with Crippen LogP contribution in [0.5, 0.6) is 0 Å². The van der Waals surface area contributed by atoms with E-state index in [1.807, 2.05) is 13.0 Å². The van der Waals surface area contributed by atoms with Crippen molar-refractivity contribution in [2.24, 2.45) is 0 Å². The lowest BCUT2D eigenvalue weighted by Gasteiger charge is -2.11. The third-order valence-corrected chi connectivity index (χ3v) is 3.12. The van der Waals surface area contributed by atoms with Crippen LogP contribution in [0.1, 0.15) is 29.1 Å². The Kier molecular flexibility index (Phi) is 4.09. The number of halogens is 2. The van der Waals surface area contributed by atoms with Gasteiger partial charge in [0.15, 0.2) is 0 Å². The van der Waals surface area contributed by atoms with E-state index in [1.165, 1.54) is 0 Å². The van der Waals surface area contributed by atoms with Gasteiger partial charge in [0.05, 0.1) is 12.3 Å². The minimum Gasteiger partial charge on any atom is -0.467 e. The molecule has 0 saturated heterocycles. The summed E-state index contributed by atoms with van der Waals surface area (Å²) in [6.45, 7) is 1.86. The smallest absolute Gasteiger partial charge is 0.251 e. The Hall–Kier alpha value is -1.26. The van der Waals surface area contributed by atoms with E-state index in [1.54, 1.807) is 30.5 Å². The summed E-state index contributed by atoms with van der Waals surface area (Å²) < 4.78 is 6.00. The number of rotatable bonds is 3. The molecule has 2 aromatic rings. The van der Waals surface area contributed by atoms with Crippen LogP contribution >= 0.6 is 27.5 Å². The van der Waals surface area contributed by atoms with Crippen LogP contribution in [0.25, 0.3) is 0 Å². The van der Waals surface area contributed by atoms with Gasteiger partial charge in [0.2, 0.25) is 0 Å². The molecule has 0 fully saturated rings. The highest BCUT2D eigenvalue weighted by Crippen LogP contribution is 2.20. The Bertz CT molecular complexity index is 534. The molecule has 1 unspecified atom stereocenters. The van der Waals surface area contributed by atoms with Crippen molar-refractivity contribution >= 4 is 33.4 Å². The summed E-state index contributed by atoms with van der Waals surface area (Å²) in [5.74, 6) is 0.520. The number of nitrogens with one attached hydrogen (secondary N) is 1. The van der Waals surface area contributed by atoms with E-state index in [9.17, 15) is 4.79 Å². The van der Waals surface area contributed by atoms with Crippen molar-refractivity contribution in [1.82, 2.24) is 5.32 Å². The van der Waals surface area contributed by atoms with Crippen molar-refractivity contribution in [3.05, 3.63) is 57.4 Å². The number of carbonyl (C=O) groups is 1. The van der Waals surface area contributed by atoms with Crippen LogP contribution in [-0.4, -0.2) is 5.91 Å². The molecule has 1 amide bonds. The zero-order chi connectivity index (χ0) is 13.1. The fourth-order valence-corrected chi connectivity index (χ4v) is 2.43. The van der Waals surface area contributed by atoms with Crippen LogP contribution in [0, 0.1) is 0 Å². The summed E-state index contributed by atoms with van der Waals surface area (Å²) in [5.41, 5.74) is 0.507. The topological polar surface area (TPSA) is 42.2 Å². The lowest BCUT2D eigenvalue weighted by atomic mass is 10.2. The second-order valence-electron chi connectivity index (χ2n) is 3.87. The summed E-state index contributed by atoms with van der Waals surface area (Å²) in [6, 6.07) is 8.48. The van der Waals surface area contributed by atoms with E-state index in [-0.39, 0.29) is 11.9 Å². The Morgan fingerprint density at radius 3 is 2.83 bits per heavy atom. The molecular weight excluding hydrogens is 318 g/mol. The molecule has 3 nitrogen and oxygen atoms in total. The van der Waals surface area contributed by atoms with E-state index in [4.69, 9.17) is 16.0 Å². The maximum Gasteiger partial charge on any atom is 0.251 e. The van der Waals surface area contributed by atoms with Gasteiger partial charge in [0.25, 0.3) is 5.91 Å². The third-order valence-electron chi connectivity index (χ3n) is 2.44. The predicted octanol–water partition coefficient (Wildman–Crippen LogP) is 4.19. The maximum atomic E-state index is 12.0. The van der Waals surface area contributed by atoms with Gasteiger partial charge < -0.3 is 9.73 Å². The molecule has 0 radical (unpaired) electrons. The van der Waals surface area contributed by atoms with Crippen molar-refractivity contribution in [3.8, 4) is 0 Å². The average molecular weight is 329 g/mol. The highest BCUT2D eigenvalue weighted by molar-refractivity contribution is 9.10. The van der Waals surface area contributed by atoms with Gasteiger partial charge in [0, 0.05) is 15.1 Å². The van der Waals surface area contributed by atoms with E-state index < -0.39 is 0 Å². The van der Waals surface area contributed by atoms with Crippen molar-refractivity contribution in [1.29, 1.82) is 0 Å². The molecular formula is C13H11BrClNO2. The van der Waals surface area contributed by atoms with Crippen LogP contribution in [0.15, 0.2) is 45.5 Å². The second kappa shape index (κ2) is 5.59. The molecule has 1 atom stereocenters. The van der Waals surface area contributed by atoms with Crippen molar-refractivity contribution < 1.29 is 9.21 Å². The standard InChI is InChI=1S/C13H11BrClNO2/c1-8(12-3-2-4-18-12)16-13(17)9-5-10(14)7-11(15)6-9/h2-8H,1H3,(H,16,17). The molecule has 1 aromatic heterocycles. The monoisotopic (exact) mass is 327 g/mol. The number of hydrogen-bond donors (Lipinski definition) is 1. The molecule has 0 aliphatic rings. The van der Waals surface area contributed by atoms with E-state index in [0.717, 1.165) is 4.47 Å². The van der Waals surface area contributed by atoms with Crippen LogP contribution < -0.4 is 5.32 Å². The van der Waals surface area contributed by atoms with E-state index >= 15 is 0 Å². The average Bonchev–Trinajstić information content (AvgIpc) is 2.80. The molecule has 1 heterocycles. The van der Waals surface area contributed by atoms with Gasteiger partial charge in [-0.2, -0.15) is 0 Å². The van der Waals surface area contributed by atoms with Crippen LogP contribution in [0.3, 0.4) is 0 Å². The second-order valence-corrected chi connectivity index (χ2v) is 5.22. The van der Waals surface area contributed by atoms with Gasteiger partial charge in [-0.15, -0.1) is 0 Å². The molecule has 5 heteroatoms. The summed E-state index contributed by atoms with van der Waals surface area (Å²) in [7, 11) is 0. The lowest BCUT2D eigenvalue weighted by molar-refractivity contribution is 0.0935. The Morgan fingerprint density at radius 2 is 2.22 bits per heavy atom. The van der Waals surface area contributed by atoms with Gasteiger partial charge in [-0.3, -0.25) is 4.79 Å². The van der Waals surface area contributed by atoms with Crippen molar-refractivity contribution in [2.45, 2.75) is 13.0 Å². The van der Waals surface area contributed by atoms with Gasteiger partial charge in [-0.05, 0) is 37.3 Å². The number of furan rings is 1. The molecule has 0 spiro atoms. The first-order chi connectivity index (χ1) is 8.56. The summed E-state index contributed by atoms with van der Waals surface area (Å²) in [4.78, 5) is 12.0. The molecule has 0 aliphatic heterocycles. The molecule has 0 aliphatic carbocycles. The van der Waals surface area contributed by atoms with Crippen LogP contribution in [-0.2, 0) is 0 Å². The SMILES string of the molecule is CC(NC(=O)c1cc(Cl)cc(Br)c1)c1ccco1. The Balaban J connectivity index is 2.12. The summed E-state index contributed by atoms with van der Waals surface area (Å²) >= 11 is 9.21. The fourth-order valence-electron chi connectivity index (χ4n) is 1.57. The van der Waals surface area contributed by atoms with Gasteiger partial charge in [0.1, 0.15) is 5.76 Å².